The van der Waals surface area contributed by atoms with Crippen LogP contribution in [0.5, 0.6) is 5.88 Å². The first-order valence-electron chi connectivity index (χ1n) is 7.79. The first kappa shape index (κ1) is 19.0. The number of carbonyl (C=O) groups is 2. The number of alkyl halides is 3. The molecule has 1 N–H and O–H groups in total. The number of rotatable bonds is 3. The summed E-state index contributed by atoms with van der Waals surface area (Å²) < 4.78 is 44.1. The summed E-state index contributed by atoms with van der Waals surface area (Å²) >= 11 is 0. The summed E-state index contributed by atoms with van der Waals surface area (Å²) in [6, 6.07) is 0.657. The molecule has 2 rings (SSSR count). The number of likely N-dealkylation sites (tertiary alicyclic amines) is 1. The molecule has 9 heteroatoms. The van der Waals surface area contributed by atoms with Crippen LogP contribution in [-0.4, -0.2) is 53.6 Å². The Balaban J connectivity index is 2.10. The van der Waals surface area contributed by atoms with Crippen LogP contribution in [0.3, 0.4) is 0 Å². The van der Waals surface area contributed by atoms with Crippen LogP contribution in [0.1, 0.15) is 35.8 Å². The van der Waals surface area contributed by atoms with Crippen molar-refractivity contribution in [1.82, 2.24) is 15.2 Å². The number of hydrogen-bond acceptors (Lipinski definition) is 4. The molecule has 0 aliphatic carbocycles. The van der Waals surface area contributed by atoms with Gasteiger partial charge >= 0.3 is 6.18 Å². The van der Waals surface area contributed by atoms with Gasteiger partial charge in [0.1, 0.15) is 6.04 Å². The number of piperidine rings is 1. The number of nitrogens with one attached hydrogen (secondary N) is 1. The maximum absolute atomic E-state index is 13.0. The Morgan fingerprint density at radius 2 is 2.00 bits per heavy atom. The lowest BCUT2D eigenvalue weighted by Crippen LogP contribution is -2.57. The molecule has 1 aliphatic heterocycles. The summed E-state index contributed by atoms with van der Waals surface area (Å²) in [5, 5.41) is 2.69. The second-order valence-electron chi connectivity index (χ2n) is 6.02. The summed E-state index contributed by atoms with van der Waals surface area (Å²) in [5.41, 5.74) is 0.882. The Bertz CT molecular complexity index is 664. The maximum atomic E-state index is 13.0. The number of aryl methyl sites for hydroxylation is 1. The third-order valence-corrected chi connectivity index (χ3v) is 4.10. The summed E-state index contributed by atoms with van der Waals surface area (Å²) in [6.45, 7) is 2.62. The molecule has 0 radical (unpaired) electrons. The van der Waals surface area contributed by atoms with Gasteiger partial charge in [-0.25, -0.2) is 4.98 Å². The smallest absolute Gasteiger partial charge is 0.408 e. The van der Waals surface area contributed by atoms with Crippen molar-refractivity contribution in [2.24, 2.45) is 0 Å². The molecule has 0 bridgehead atoms. The summed E-state index contributed by atoms with van der Waals surface area (Å²) in [5.74, 6) is -0.832. The van der Waals surface area contributed by atoms with Crippen LogP contribution < -0.4 is 10.1 Å². The highest BCUT2D eigenvalue weighted by molar-refractivity contribution is 5.94. The normalized spacial score (nSPS) is 21.0. The minimum Gasteiger partial charge on any atom is -0.481 e. The number of hydrogen-bond donors (Lipinski definition) is 1. The minimum atomic E-state index is -4.48. The van der Waals surface area contributed by atoms with Crippen molar-refractivity contribution in [1.29, 1.82) is 0 Å². The van der Waals surface area contributed by atoms with Gasteiger partial charge in [0.05, 0.1) is 7.11 Å². The second-order valence-corrected chi connectivity index (χ2v) is 6.02. The molecule has 1 aromatic rings. The molecule has 2 amide bonds. The molecule has 138 valence electrons. The highest BCUT2D eigenvalue weighted by atomic mass is 19.4. The van der Waals surface area contributed by atoms with Gasteiger partial charge in [0.25, 0.3) is 5.91 Å². The van der Waals surface area contributed by atoms with Crippen molar-refractivity contribution in [3.8, 4) is 5.88 Å². The van der Waals surface area contributed by atoms with Crippen molar-refractivity contribution < 1.29 is 27.5 Å². The van der Waals surface area contributed by atoms with Gasteiger partial charge in [0.2, 0.25) is 11.8 Å². The number of nitrogens with zero attached hydrogens (tertiary/aromatic N) is 2. The largest absolute Gasteiger partial charge is 0.481 e. The number of methoxy groups -OCH3 is 1. The maximum Gasteiger partial charge on any atom is 0.408 e. The van der Waals surface area contributed by atoms with Crippen molar-refractivity contribution >= 4 is 11.8 Å². The standard InChI is InChI=1S/C16H20F3N3O3/c1-9-6-11(7-14(20-9)25-3)15(24)21-12-4-5-13(16(17,18)19)22(8-12)10(2)23/h6-7,12-13H,4-5,8H2,1-3H3,(H,21,24). The summed E-state index contributed by atoms with van der Waals surface area (Å²) in [6.07, 6.45) is -4.58. The monoisotopic (exact) mass is 359 g/mol. The van der Waals surface area contributed by atoms with E-state index in [1.165, 1.54) is 13.2 Å². The average molecular weight is 359 g/mol. The van der Waals surface area contributed by atoms with Crippen LogP contribution in [0.15, 0.2) is 12.1 Å². The van der Waals surface area contributed by atoms with Gasteiger partial charge in [-0.1, -0.05) is 0 Å². The third-order valence-electron chi connectivity index (χ3n) is 4.10. The minimum absolute atomic E-state index is 0.140. The number of aromatic nitrogens is 1. The van der Waals surface area contributed by atoms with Gasteiger partial charge in [-0.3, -0.25) is 9.59 Å². The quantitative estimate of drug-likeness (QED) is 0.897. The number of halogens is 3. The molecule has 0 spiro atoms. The van der Waals surface area contributed by atoms with Crippen LogP contribution in [0, 0.1) is 6.92 Å². The number of ether oxygens (including phenoxy) is 1. The molecule has 0 saturated carbocycles. The fraction of sp³-hybridized carbons (Fsp3) is 0.562. The van der Waals surface area contributed by atoms with E-state index in [-0.39, 0.29) is 25.3 Å². The van der Waals surface area contributed by atoms with Gasteiger partial charge in [0.15, 0.2) is 0 Å². The fourth-order valence-corrected chi connectivity index (χ4v) is 2.92. The van der Waals surface area contributed by atoms with Crippen molar-refractivity contribution in [3.05, 3.63) is 23.4 Å². The second kappa shape index (κ2) is 7.28. The molecule has 2 atom stereocenters. The van der Waals surface area contributed by atoms with E-state index in [0.29, 0.717) is 11.3 Å². The van der Waals surface area contributed by atoms with Crippen LogP contribution in [0.4, 0.5) is 13.2 Å². The summed E-state index contributed by atoms with van der Waals surface area (Å²) in [7, 11) is 1.42. The Hall–Kier alpha value is -2.32. The van der Waals surface area contributed by atoms with Crippen molar-refractivity contribution in [2.75, 3.05) is 13.7 Å². The first-order chi connectivity index (χ1) is 11.6. The van der Waals surface area contributed by atoms with Crippen LogP contribution in [0.25, 0.3) is 0 Å². The lowest BCUT2D eigenvalue weighted by Gasteiger charge is -2.40. The van der Waals surface area contributed by atoms with Crippen molar-refractivity contribution in [3.63, 3.8) is 0 Å². The Labute approximate surface area is 143 Å². The predicted octanol–water partition coefficient (Wildman–Crippen LogP) is 2.07. The average Bonchev–Trinajstić information content (AvgIpc) is 2.52. The molecule has 2 unspecified atom stereocenters. The molecule has 1 saturated heterocycles. The molecule has 2 heterocycles. The summed E-state index contributed by atoms with van der Waals surface area (Å²) in [4.78, 5) is 28.8. The molecule has 6 nitrogen and oxygen atoms in total. The Morgan fingerprint density at radius 3 is 2.56 bits per heavy atom. The Kier molecular flexibility index (Phi) is 5.54. The molecule has 1 aromatic heterocycles. The van der Waals surface area contributed by atoms with E-state index in [1.807, 2.05) is 0 Å². The van der Waals surface area contributed by atoms with Gasteiger partial charge in [-0.05, 0) is 25.8 Å². The van der Waals surface area contributed by atoms with E-state index >= 15 is 0 Å². The van der Waals surface area contributed by atoms with Gasteiger partial charge in [0, 0.05) is 36.8 Å². The van der Waals surface area contributed by atoms with E-state index < -0.39 is 30.1 Å². The fourth-order valence-electron chi connectivity index (χ4n) is 2.92. The van der Waals surface area contributed by atoms with E-state index in [9.17, 15) is 22.8 Å². The predicted molar refractivity (Wildman–Crippen MR) is 83.2 cm³/mol. The van der Waals surface area contributed by atoms with E-state index in [2.05, 4.69) is 10.3 Å². The highest BCUT2D eigenvalue weighted by Crippen LogP contribution is 2.32. The molecule has 1 fully saturated rings. The topological polar surface area (TPSA) is 71.5 Å². The van der Waals surface area contributed by atoms with Gasteiger partial charge in [-0.2, -0.15) is 13.2 Å². The number of pyridine rings is 1. The zero-order valence-electron chi connectivity index (χ0n) is 14.2. The SMILES string of the molecule is COc1cc(C(=O)NC2CCC(C(F)(F)F)N(C(C)=O)C2)cc(C)n1. The van der Waals surface area contributed by atoms with E-state index in [0.717, 1.165) is 11.8 Å². The molecular weight excluding hydrogens is 339 g/mol. The van der Waals surface area contributed by atoms with E-state index in [4.69, 9.17) is 4.74 Å². The lowest BCUT2D eigenvalue weighted by atomic mass is 9.97. The first-order valence-corrected chi connectivity index (χ1v) is 7.79. The highest BCUT2D eigenvalue weighted by Gasteiger charge is 2.47. The van der Waals surface area contributed by atoms with Gasteiger partial charge in [-0.15, -0.1) is 0 Å². The van der Waals surface area contributed by atoms with Gasteiger partial charge < -0.3 is 15.0 Å². The molecule has 0 aromatic carbocycles. The number of amides is 2. The third kappa shape index (κ3) is 4.61. The zero-order chi connectivity index (χ0) is 18.8. The van der Waals surface area contributed by atoms with Crippen LogP contribution in [-0.2, 0) is 4.79 Å². The Morgan fingerprint density at radius 1 is 1.32 bits per heavy atom. The zero-order valence-corrected chi connectivity index (χ0v) is 14.2. The number of carbonyl (C=O) groups excluding carboxylic acids is 2. The molecule has 1 aliphatic rings. The van der Waals surface area contributed by atoms with Crippen LogP contribution in [0.2, 0.25) is 0 Å². The molecule has 25 heavy (non-hydrogen) atoms. The van der Waals surface area contributed by atoms with E-state index in [1.54, 1.807) is 13.0 Å². The lowest BCUT2D eigenvalue weighted by molar-refractivity contribution is -0.196. The van der Waals surface area contributed by atoms with Crippen molar-refractivity contribution in [2.45, 2.75) is 44.9 Å². The van der Waals surface area contributed by atoms with Crippen LogP contribution >= 0.6 is 0 Å². The molecular formula is C16H20F3N3O3.